The summed E-state index contributed by atoms with van der Waals surface area (Å²) in [5.41, 5.74) is 4.32. The smallest absolute Gasteiger partial charge is 0.105 e. The van der Waals surface area contributed by atoms with Gasteiger partial charge in [0.25, 0.3) is 0 Å². The number of nitrogens with zero attached hydrogens (tertiary/aromatic N) is 1. The Morgan fingerprint density at radius 1 is 0.486 bits per heavy atom. The zero-order valence-electron chi connectivity index (χ0n) is 22.0. The van der Waals surface area contributed by atoms with E-state index in [1.165, 1.54) is 81.0 Å². The van der Waals surface area contributed by atoms with Crippen LogP contribution in [-0.4, -0.2) is 11.0 Å². The Morgan fingerprint density at radius 2 is 0.886 bits per heavy atom. The van der Waals surface area contributed by atoms with Gasteiger partial charge < -0.3 is 4.48 Å². The Balaban J connectivity index is 1.62. The summed E-state index contributed by atoms with van der Waals surface area (Å²) in [7, 11) is 0. The van der Waals surface area contributed by atoms with Gasteiger partial charge in [-0.3, -0.25) is 0 Å². The van der Waals surface area contributed by atoms with E-state index in [9.17, 15) is 0 Å². The van der Waals surface area contributed by atoms with E-state index in [1.54, 1.807) is 0 Å². The molecule has 0 saturated heterocycles. The second-order valence-corrected chi connectivity index (χ2v) is 10.1. The maximum absolute atomic E-state index is 2.35. The molecule has 0 aliphatic rings. The lowest BCUT2D eigenvalue weighted by Gasteiger charge is -2.39. The molecule has 3 aromatic carbocycles. The van der Waals surface area contributed by atoms with Crippen molar-refractivity contribution in [1.82, 2.24) is 0 Å². The van der Waals surface area contributed by atoms with Crippen molar-refractivity contribution in [3.63, 3.8) is 0 Å². The van der Waals surface area contributed by atoms with E-state index < -0.39 is 0 Å². The molecule has 0 radical (unpaired) electrons. The summed E-state index contributed by atoms with van der Waals surface area (Å²) in [5, 5.41) is 0. The first-order valence-electron chi connectivity index (χ1n) is 13.9. The average molecular weight is 469 g/mol. The highest BCUT2D eigenvalue weighted by Crippen LogP contribution is 2.26. The fraction of sp³-hybridized carbons (Fsp3) is 0.412. The van der Waals surface area contributed by atoms with Crippen LogP contribution >= 0.6 is 0 Å². The van der Waals surface area contributed by atoms with Crippen molar-refractivity contribution < 1.29 is 4.48 Å². The molecule has 0 aromatic heterocycles. The molecule has 186 valence electrons. The minimum atomic E-state index is 1.08. The third-order valence-corrected chi connectivity index (χ3v) is 6.99. The van der Waals surface area contributed by atoms with Crippen LogP contribution in [0.15, 0.2) is 103 Å². The number of rotatable bonds is 17. The molecule has 35 heavy (non-hydrogen) atoms. The van der Waals surface area contributed by atoms with Crippen LogP contribution in [0.2, 0.25) is 0 Å². The Kier molecular flexibility index (Phi) is 12.4. The molecule has 0 aliphatic carbocycles. The maximum atomic E-state index is 2.35. The van der Waals surface area contributed by atoms with Crippen molar-refractivity contribution >= 4 is 0 Å². The molecular formula is C34H46N+. The Bertz CT molecular complexity index is 829. The number of unbranched alkanes of at least 4 members (excludes halogenated alkanes) is 7. The average Bonchev–Trinajstić information content (AvgIpc) is 2.89. The summed E-state index contributed by atoms with van der Waals surface area (Å²) in [5.74, 6) is 0. The highest BCUT2D eigenvalue weighted by Gasteiger charge is 2.28. The van der Waals surface area contributed by atoms with E-state index in [2.05, 4.69) is 110 Å². The van der Waals surface area contributed by atoms with E-state index in [4.69, 9.17) is 0 Å². The molecule has 1 heteroatoms. The molecule has 3 rings (SSSR count). The molecule has 0 bridgehead atoms. The Hall–Kier alpha value is -2.64. The molecule has 0 spiro atoms. The quantitative estimate of drug-likeness (QED) is 0.105. The van der Waals surface area contributed by atoms with Crippen LogP contribution in [0.4, 0.5) is 0 Å². The van der Waals surface area contributed by atoms with E-state index in [0.717, 1.165) is 24.1 Å². The molecule has 0 unspecified atom stereocenters. The topological polar surface area (TPSA) is 0 Å². The van der Waals surface area contributed by atoms with Gasteiger partial charge in [0.2, 0.25) is 0 Å². The van der Waals surface area contributed by atoms with Crippen LogP contribution < -0.4 is 0 Å². The van der Waals surface area contributed by atoms with Gasteiger partial charge in [-0.05, 0) is 32.1 Å². The van der Waals surface area contributed by atoms with E-state index in [1.807, 2.05) is 0 Å². The number of hydrogen-bond acceptors (Lipinski definition) is 0. The van der Waals surface area contributed by atoms with Crippen LogP contribution in [0.5, 0.6) is 0 Å². The van der Waals surface area contributed by atoms with Crippen LogP contribution in [0.25, 0.3) is 0 Å². The van der Waals surface area contributed by atoms with Crippen molar-refractivity contribution in [1.29, 1.82) is 0 Å². The molecule has 0 aliphatic heterocycles. The second kappa shape index (κ2) is 16.1. The standard InChI is InChI=1S/C34H46N/c1-2-3-4-5-6-7-8-9-10-11-21-28-35(29-32-22-15-12-16-23-32,30-33-24-17-13-18-25-33)31-34-26-19-14-20-27-34/h3-4,12-20,22-27H,2,5-11,21,28-31H2,1H3/q+1/b4-3+. The van der Waals surface area contributed by atoms with Crippen molar-refractivity contribution in [2.75, 3.05) is 6.54 Å². The highest BCUT2D eigenvalue weighted by molar-refractivity contribution is 5.17. The summed E-state index contributed by atoms with van der Waals surface area (Å²) in [6, 6.07) is 33.3. The summed E-state index contributed by atoms with van der Waals surface area (Å²) in [4.78, 5) is 0. The zero-order chi connectivity index (χ0) is 24.4. The zero-order valence-corrected chi connectivity index (χ0v) is 22.0. The number of hydrogen-bond donors (Lipinski definition) is 0. The van der Waals surface area contributed by atoms with Gasteiger partial charge in [-0.1, -0.05) is 136 Å². The van der Waals surface area contributed by atoms with Crippen LogP contribution in [-0.2, 0) is 19.6 Å². The van der Waals surface area contributed by atoms with Crippen molar-refractivity contribution in [3.05, 3.63) is 120 Å². The normalized spacial score (nSPS) is 11.8. The maximum Gasteiger partial charge on any atom is 0.105 e. The van der Waals surface area contributed by atoms with E-state index in [0.29, 0.717) is 0 Å². The summed E-state index contributed by atoms with van der Waals surface area (Å²) in [6.07, 6.45) is 16.6. The molecule has 1 nitrogen and oxygen atoms in total. The predicted molar refractivity (Wildman–Crippen MR) is 152 cm³/mol. The number of benzene rings is 3. The monoisotopic (exact) mass is 468 g/mol. The molecule has 0 atom stereocenters. The van der Waals surface area contributed by atoms with Gasteiger partial charge in [0.1, 0.15) is 19.6 Å². The molecule has 0 fully saturated rings. The van der Waals surface area contributed by atoms with Gasteiger partial charge in [-0.2, -0.15) is 0 Å². The van der Waals surface area contributed by atoms with Crippen molar-refractivity contribution in [3.8, 4) is 0 Å². The third-order valence-electron chi connectivity index (χ3n) is 6.99. The molecule has 0 N–H and O–H groups in total. The Labute approximate surface area is 215 Å². The fourth-order valence-electron chi connectivity index (χ4n) is 5.19. The first-order chi connectivity index (χ1) is 17.3. The van der Waals surface area contributed by atoms with Gasteiger partial charge in [0.05, 0.1) is 6.54 Å². The molecule has 0 heterocycles. The third kappa shape index (κ3) is 10.7. The summed E-state index contributed by atoms with van der Waals surface area (Å²) >= 11 is 0. The minimum Gasteiger partial charge on any atom is -0.312 e. The van der Waals surface area contributed by atoms with Gasteiger partial charge in [-0.15, -0.1) is 0 Å². The van der Waals surface area contributed by atoms with Crippen LogP contribution in [0.3, 0.4) is 0 Å². The fourth-order valence-corrected chi connectivity index (χ4v) is 5.19. The van der Waals surface area contributed by atoms with Crippen molar-refractivity contribution in [2.24, 2.45) is 0 Å². The summed E-state index contributed by atoms with van der Waals surface area (Å²) < 4.78 is 1.09. The van der Waals surface area contributed by atoms with Gasteiger partial charge in [0, 0.05) is 16.7 Å². The van der Waals surface area contributed by atoms with Gasteiger partial charge >= 0.3 is 0 Å². The lowest BCUT2D eigenvalue weighted by atomic mass is 10.0. The van der Waals surface area contributed by atoms with Crippen LogP contribution in [0.1, 0.15) is 81.4 Å². The Morgan fingerprint density at radius 3 is 1.31 bits per heavy atom. The molecule has 3 aromatic rings. The number of quaternary nitrogens is 1. The summed E-state index contributed by atoms with van der Waals surface area (Å²) in [6.45, 7) is 6.67. The lowest BCUT2D eigenvalue weighted by Crippen LogP contribution is -2.46. The van der Waals surface area contributed by atoms with Gasteiger partial charge in [0.15, 0.2) is 0 Å². The molecule has 0 saturated carbocycles. The predicted octanol–water partition coefficient (Wildman–Crippen LogP) is 9.49. The SMILES string of the molecule is CC/C=C/CCCCCCCCC[N+](Cc1ccccc1)(Cc1ccccc1)Cc1ccccc1. The largest absolute Gasteiger partial charge is 0.312 e. The van der Waals surface area contributed by atoms with Gasteiger partial charge in [-0.25, -0.2) is 0 Å². The number of allylic oxidation sites excluding steroid dienone is 2. The highest BCUT2D eigenvalue weighted by atomic mass is 15.3. The van der Waals surface area contributed by atoms with Crippen molar-refractivity contribution in [2.45, 2.75) is 84.3 Å². The molecule has 0 amide bonds. The van der Waals surface area contributed by atoms with E-state index >= 15 is 0 Å². The first kappa shape index (κ1) is 27.0. The van der Waals surface area contributed by atoms with Crippen LogP contribution in [0, 0.1) is 0 Å². The minimum absolute atomic E-state index is 1.08. The first-order valence-corrected chi connectivity index (χ1v) is 13.9. The van der Waals surface area contributed by atoms with E-state index in [-0.39, 0.29) is 0 Å². The second-order valence-electron chi connectivity index (χ2n) is 10.1. The molecular weight excluding hydrogens is 422 g/mol. The lowest BCUT2D eigenvalue weighted by molar-refractivity contribution is -0.966.